The number of nitrogens with one attached hydrogen (secondary N) is 2. The molecule has 0 fully saturated rings. The highest BCUT2D eigenvalue weighted by molar-refractivity contribution is 7.90. The average Bonchev–Trinajstić information content (AvgIpc) is 3.19. The fourth-order valence-corrected chi connectivity index (χ4v) is 4.13. The minimum atomic E-state index is -3.30. The maximum absolute atomic E-state index is 13.7. The summed E-state index contributed by atoms with van der Waals surface area (Å²) in [4.78, 5) is 7.89. The van der Waals surface area contributed by atoms with Crippen molar-refractivity contribution in [3.8, 4) is 0 Å². The number of aromatic nitrogens is 2. The number of furan rings is 1. The molecular formula is C21H22FN3O3S. The molecule has 4 aromatic rings. The molecule has 1 unspecified atom stereocenters. The number of anilines is 1. The lowest BCUT2D eigenvalue weighted by atomic mass is 9.98. The molecule has 8 heteroatoms. The molecule has 0 saturated heterocycles. The van der Waals surface area contributed by atoms with E-state index >= 15 is 0 Å². The minimum Gasteiger partial charge on any atom is -0.459 e. The molecule has 0 amide bonds. The zero-order chi connectivity index (χ0) is 20.9. The summed E-state index contributed by atoms with van der Waals surface area (Å²) in [6.45, 7) is 6.01. The lowest BCUT2D eigenvalue weighted by molar-refractivity contribution is 0.435. The number of fused-ring (bicyclic) bond motifs is 2. The summed E-state index contributed by atoms with van der Waals surface area (Å²) in [6, 6.07) is 9.07. The van der Waals surface area contributed by atoms with Crippen LogP contribution in [0.3, 0.4) is 0 Å². The normalized spacial score (nSPS) is 13.4. The maximum atomic E-state index is 13.7. The van der Waals surface area contributed by atoms with E-state index in [-0.39, 0.29) is 22.7 Å². The molecule has 2 aromatic heterocycles. The van der Waals surface area contributed by atoms with Gasteiger partial charge in [0, 0.05) is 17.2 Å². The molecule has 0 radical (unpaired) electrons. The van der Waals surface area contributed by atoms with Gasteiger partial charge in [0.05, 0.1) is 22.0 Å². The Morgan fingerprint density at radius 3 is 2.62 bits per heavy atom. The monoisotopic (exact) mass is 415 g/mol. The quantitative estimate of drug-likeness (QED) is 0.480. The number of halogens is 1. The molecule has 0 aliphatic rings. The van der Waals surface area contributed by atoms with Gasteiger partial charge in [0.25, 0.3) is 0 Å². The summed E-state index contributed by atoms with van der Waals surface area (Å²) >= 11 is 0. The highest BCUT2D eigenvalue weighted by Crippen LogP contribution is 2.35. The van der Waals surface area contributed by atoms with Crippen LogP contribution >= 0.6 is 0 Å². The van der Waals surface area contributed by atoms with E-state index in [0.717, 1.165) is 16.7 Å². The van der Waals surface area contributed by atoms with Crippen molar-refractivity contribution in [2.75, 3.05) is 11.6 Å². The van der Waals surface area contributed by atoms with Crippen LogP contribution in [0.2, 0.25) is 0 Å². The molecule has 2 N–H and O–H groups in total. The van der Waals surface area contributed by atoms with Gasteiger partial charge in [-0.05, 0) is 49.2 Å². The Kier molecular flexibility index (Phi) is 4.61. The Balaban J connectivity index is 1.73. The number of benzene rings is 2. The largest absolute Gasteiger partial charge is 0.459 e. The molecule has 0 bridgehead atoms. The van der Waals surface area contributed by atoms with E-state index < -0.39 is 9.84 Å². The van der Waals surface area contributed by atoms with Crippen LogP contribution in [0, 0.1) is 18.7 Å². The van der Waals surface area contributed by atoms with Crippen LogP contribution in [0.15, 0.2) is 45.7 Å². The fraction of sp³-hybridized carbons (Fsp3) is 0.286. The van der Waals surface area contributed by atoms with Crippen molar-refractivity contribution in [3.63, 3.8) is 0 Å². The number of sulfone groups is 1. The second-order valence-electron chi connectivity index (χ2n) is 7.63. The van der Waals surface area contributed by atoms with Crippen LogP contribution in [0.4, 0.5) is 10.3 Å². The van der Waals surface area contributed by atoms with Crippen molar-refractivity contribution in [3.05, 3.63) is 53.5 Å². The molecule has 29 heavy (non-hydrogen) atoms. The molecule has 2 aromatic carbocycles. The highest BCUT2D eigenvalue weighted by atomic mass is 32.2. The van der Waals surface area contributed by atoms with Gasteiger partial charge >= 0.3 is 0 Å². The number of aryl methyl sites for hydroxylation is 1. The summed E-state index contributed by atoms with van der Waals surface area (Å²) in [7, 11) is -3.30. The van der Waals surface area contributed by atoms with E-state index in [4.69, 9.17) is 4.42 Å². The lowest BCUT2D eigenvalue weighted by Gasteiger charge is -2.20. The Morgan fingerprint density at radius 1 is 1.17 bits per heavy atom. The van der Waals surface area contributed by atoms with Crippen LogP contribution in [0.25, 0.3) is 22.0 Å². The van der Waals surface area contributed by atoms with Crippen molar-refractivity contribution < 1.29 is 17.2 Å². The van der Waals surface area contributed by atoms with Gasteiger partial charge in [0.1, 0.15) is 17.2 Å². The van der Waals surface area contributed by atoms with Crippen LogP contribution in [0.5, 0.6) is 0 Å². The number of nitrogens with zero attached hydrogens (tertiary/aromatic N) is 1. The van der Waals surface area contributed by atoms with Crippen LogP contribution in [-0.4, -0.2) is 24.6 Å². The summed E-state index contributed by atoms with van der Waals surface area (Å²) in [5.41, 5.74) is 2.79. The van der Waals surface area contributed by atoms with E-state index in [2.05, 4.69) is 29.1 Å². The molecule has 6 nitrogen and oxygen atoms in total. The van der Waals surface area contributed by atoms with Gasteiger partial charge in [-0.25, -0.2) is 17.8 Å². The molecule has 0 aliphatic carbocycles. The summed E-state index contributed by atoms with van der Waals surface area (Å²) in [6.07, 6.45) is 1.17. The van der Waals surface area contributed by atoms with Crippen molar-refractivity contribution >= 4 is 37.8 Å². The van der Waals surface area contributed by atoms with Crippen LogP contribution in [0.1, 0.15) is 31.2 Å². The third-order valence-electron chi connectivity index (χ3n) is 5.06. The van der Waals surface area contributed by atoms with E-state index in [9.17, 15) is 12.8 Å². The van der Waals surface area contributed by atoms with Gasteiger partial charge in [-0.1, -0.05) is 13.8 Å². The van der Waals surface area contributed by atoms with E-state index in [1.165, 1.54) is 18.4 Å². The summed E-state index contributed by atoms with van der Waals surface area (Å²) in [5.74, 6) is 1.08. The number of H-pyrrole nitrogens is 1. The molecule has 2 heterocycles. The fourth-order valence-electron chi connectivity index (χ4n) is 3.48. The van der Waals surface area contributed by atoms with Gasteiger partial charge in [-0.2, -0.15) is 0 Å². The Morgan fingerprint density at radius 2 is 1.93 bits per heavy atom. The molecule has 0 spiro atoms. The second kappa shape index (κ2) is 6.88. The topological polar surface area (TPSA) is 88.0 Å². The number of imidazole rings is 1. The SMILES string of the molecule is Cc1c(C(Nc2nc3ccc(S(C)(=O)=O)cc3[nH]2)C(C)C)oc2ccc(F)cc12. The summed E-state index contributed by atoms with van der Waals surface area (Å²) < 4.78 is 43.3. The zero-order valence-corrected chi connectivity index (χ0v) is 17.4. The molecule has 4 rings (SSSR count). The minimum absolute atomic E-state index is 0.152. The van der Waals surface area contributed by atoms with Crippen molar-refractivity contribution in [1.82, 2.24) is 9.97 Å². The van der Waals surface area contributed by atoms with Gasteiger partial charge in [0.2, 0.25) is 5.95 Å². The van der Waals surface area contributed by atoms with Crippen LogP contribution in [-0.2, 0) is 9.84 Å². The van der Waals surface area contributed by atoms with E-state index in [1.54, 1.807) is 24.3 Å². The maximum Gasteiger partial charge on any atom is 0.201 e. The molecule has 0 aliphatic heterocycles. The van der Waals surface area contributed by atoms with Crippen molar-refractivity contribution in [2.24, 2.45) is 5.92 Å². The van der Waals surface area contributed by atoms with Gasteiger partial charge in [0.15, 0.2) is 9.84 Å². The number of rotatable bonds is 5. The second-order valence-corrected chi connectivity index (χ2v) is 9.65. The molecule has 1 atom stereocenters. The smallest absolute Gasteiger partial charge is 0.201 e. The standard InChI is InChI=1S/C21H22FN3O3S/c1-11(2)19(20-12(3)15-9-13(22)5-8-18(15)28-20)25-21-23-16-7-6-14(29(4,26)27)10-17(16)24-21/h5-11,19H,1-4H3,(H2,23,24,25). The lowest BCUT2D eigenvalue weighted by Crippen LogP contribution is -2.17. The zero-order valence-electron chi connectivity index (χ0n) is 16.6. The Labute approximate surface area is 168 Å². The third kappa shape index (κ3) is 3.60. The van der Waals surface area contributed by atoms with Gasteiger partial charge < -0.3 is 14.7 Å². The first kappa shape index (κ1) is 19.4. The molecule has 152 valence electrons. The Hall–Kier alpha value is -2.87. The van der Waals surface area contributed by atoms with Crippen molar-refractivity contribution in [1.29, 1.82) is 0 Å². The van der Waals surface area contributed by atoms with E-state index in [1.807, 2.05) is 6.92 Å². The van der Waals surface area contributed by atoms with Gasteiger partial charge in [-0.3, -0.25) is 0 Å². The third-order valence-corrected chi connectivity index (χ3v) is 6.17. The molecule has 0 saturated carbocycles. The predicted molar refractivity (Wildman–Crippen MR) is 111 cm³/mol. The number of aromatic amines is 1. The number of hydrogen-bond donors (Lipinski definition) is 2. The average molecular weight is 415 g/mol. The van der Waals surface area contributed by atoms with Gasteiger partial charge in [-0.15, -0.1) is 0 Å². The van der Waals surface area contributed by atoms with Crippen molar-refractivity contribution in [2.45, 2.75) is 31.7 Å². The Bertz CT molecular complexity index is 1320. The predicted octanol–water partition coefficient (Wildman–Crippen LogP) is 4.97. The van der Waals surface area contributed by atoms with E-state index in [0.29, 0.717) is 22.6 Å². The van der Waals surface area contributed by atoms with Crippen LogP contribution < -0.4 is 5.32 Å². The first-order valence-electron chi connectivity index (χ1n) is 9.28. The highest BCUT2D eigenvalue weighted by Gasteiger charge is 2.25. The number of hydrogen-bond acceptors (Lipinski definition) is 5. The first-order valence-corrected chi connectivity index (χ1v) is 11.2. The summed E-state index contributed by atoms with van der Waals surface area (Å²) in [5, 5.41) is 4.10. The molecular weight excluding hydrogens is 393 g/mol. The first-order chi connectivity index (χ1) is 13.6.